The number of hydrogen-bond donors (Lipinski definition) is 0. The Labute approximate surface area is 152 Å². The molecule has 2 aromatic heterocycles. The van der Waals surface area contributed by atoms with E-state index in [1.807, 2.05) is 24.3 Å². The van der Waals surface area contributed by atoms with Crippen LogP contribution in [0.4, 0.5) is 0 Å². The van der Waals surface area contributed by atoms with Gasteiger partial charge < -0.3 is 0 Å². The topological polar surface area (TPSA) is 41.1 Å². The minimum Gasteiger partial charge on any atom is -0.291 e. The molecular weight excluding hydrogens is 318 g/mol. The molecule has 1 aliphatic rings. The van der Waals surface area contributed by atoms with Crippen LogP contribution in [-0.4, -0.2) is 9.38 Å². The minimum absolute atomic E-state index is 0.628. The number of imidazole rings is 1. The van der Waals surface area contributed by atoms with E-state index in [0.29, 0.717) is 5.92 Å². The van der Waals surface area contributed by atoms with Crippen LogP contribution in [0, 0.1) is 17.2 Å². The highest BCUT2D eigenvalue weighted by Gasteiger charge is 2.27. The largest absolute Gasteiger partial charge is 0.291 e. The van der Waals surface area contributed by atoms with Gasteiger partial charge in [0.2, 0.25) is 0 Å². The molecule has 126 valence electrons. The maximum absolute atomic E-state index is 9.94. The van der Waals surface area contributed by atoms with Crippen molar-refractivity contribution in [3.63, 3.8) is 0 Å². The molecule has 2 aromatic carbocycles. The average molecular weight is 337 g/mol. The van der Waals surface area contributed by atoms with E-state index in [1.54, 1.807) is 0 Å². The van der Waals surface area contributed by atoms with Crippen molar-refractivity contribution in [2.24, 2.45) is 5.92 Å². The van der Waals surface area contributed by atoms with Crippen LogP contribution in [0.3, 0.4) is 0 Å². The van der Waals surface area contributed by atoms with E-state index in [9.17, 15) is 5.26 Å². The van der Waals surface area contributed by atoms with Crippen LogP contribution in [0.2, 0.25) is 0 Å². The molecule has 0 saturated carbocycles. The zero-order chi connectivity index (χ0) is 17.7. The molecule has 2 heterocycles. The molecule has 0 fully saturated rings. The van der Waals surface area contributed by atoms with E-state index < -0.39 is 0 Å². The van der Waals surface area contributed by atoms with E-state index >= 15 is 0 Å². The summed E-state index contributed by atoms with van der Waals surface area (Å²) < 4.78 is 2.21. The third-order valence-electron chi connectivity index (χ3n) is 5.56. The van der Waals surface area contributed by atoms with Crippen molar-refractivity contribution in [1.82, 2.24) is 9.38 Å². The standard InChI is InChI=1S/C23H19N3/c1-15-11-12-17-18(13-15)22(16-7-3-2-4-8-16)26-21-10-6-5-9-20(21)25-23(26)19(17)14-24/h2-10,15H,11-13H2,1H3/t15-/m0/s1. The van der Waals surface area contributed by atoms with Gasteiger partial charge in [-0.15, -0.1) is 0 Å². The third-order valence-corrected chi connectivity index (χ3v) is 5.56. The number of hydrogen-bond acceptors (Lipinski definition) is 2. The molecule has 0 radical (unpaired) electrons. The fourth-order valence-electron chi connectivity index (χ4n) is 4.34. The van der Waals surface area contributed by atoms with Crippen molar-refractivity contribution in [1.29, 1.82) is 5.26 Å². The molecule has 0 spiro atoms. The fourth-order valence-corrected chi connectivity index (χ4v) is 4.34. The maximum Gasteiger partial charge on any atom is 0.156 e. The average Bonchev–Trinajstić information content (AvgIpc) is 3.05. The molecule has 5 rings (SSSR count). The molecule has 0 saturated heterocycles. The van der Waals surface area contributed by atoms with Crippen molar-refractivity contribution < 1.29 is 0 Å². The molecule has 0 bridgehead atoms. The van der Waals surface area contributed by atoms with Crippen LogP contribution in [0.5, 0.6) is 0 Å². The summed E-state index contributed by atoms with van der Waals surface area (Å²) in [4.78, 5) is 4.84. The number of nitrogens with zero attached hydrogens (tertiary/aromatic N) is 3. The van der Waals surface area contributed by atoms with Gasteiger partial charge in [0.05, 0.1) is 22.3 Å². The number of rotatable bonds is 1. The first-order chi connectivity index (χ1) is 12.8. The van der Waals surface area contributed by atoms with Gasteiger partial charge in [0.15, 0.2) is 5.65 Å². The van der Waals surface area contributed by atoms with Crippen molar-refractivity contribution in [3.8, 4) is 17.3 Å². The van der Waals surface area contributed by atoms with Gasteiger partial charge in [0.1, 0.15) is 6.07 Å². The highest BCUT2D eigenvalue weighted by Crippen LogP contribution is 2.38. The number of nitriles is 1. The summed E-state index contributed by atoms with van der Waals surface area (Å²) in [6.45, 7) is 2.31. The monoisotopic (exact) mass is 337 g/mol. The highest BCUT2D eigenvalue weighted by molar-refractivity contribution is 5.87. The summed E-state index contributed by atoms with van der Waals surface area (Å²) in [5.74, 6) is 0.628. The second-order valence-corrected chi connectivity index (χ2v) is 7.27. The maximum atomic E-state index is 9.94. The molecule has 3 heteroatoms. The Bertz CT molecular complexity index is 1180. The predicted octanol–water partition coefficient (Wildman–Crippen LogP) is 5.15. The Hall–Kier alpha value is -3.12. The van der Waals surface area contributed by atoms with Crippen LogP contribution in [0.15, 0.2) is 54.6 Å². The summed E-state index contributed by atoms with van der Waals surface area (Å²) in [5, 5.41) is 9.94. The number of aromatic nitrogens is 2. The first kappa shape index (κ1) is 15.2. The smallest absolute Gasteiger partial charge is 0.156 e. The summed E-state index contributed by atoms with van der Waals surface area (Å²) >= 11 is 0. The third kappa shape index (κ3) is 2.09. The van der Waals surface area contributed by atoms with Gasteiger partial charge in [-0.1, -0.05) is 49.4 Å². The minimum atomic E-state index is 0.628. The van der Waals surface area contributed by atoms with Crippen LogP contribution >= 0.6 is 0 Å². The molecule has 4 aromatic rings. The zero-order valence-electron chi connectivity index (χ0n) is 14.7. The van der Waals surface area contributed by atoms with Crippen molar-refractivity contribution in [3.05, 3.63) is 71.3 Å². The summed E-state index contributed by atoms with van der Waals surface area (Å²) in [6, 6.07) is 21.2. The summed E-state index contributed by atoms with van der Waals surface area (Å²) in [6.07, 6.45) is 3.10. The SMILES string of the molecule is C[C@H]1CCc2c(c(-c3ccccc3)n3c(nc4ccccc43)c2C#N)C1. The first-order valence-corrected chi connectivity index (χ1v) is 9.18. The molecule has 3 nitrogen and oxygen atoms in total. The van der Waals surface area contributed by atoms with Gasteiger partial charge in [-0.2, -0.15) is 5.26 Å². The van der Waals surface area contributed by atoms with E-state index in [4.69, 9.17) is 4.98 Å². The van der Waals surface area contributed by atoms with E-state index in [0.717, 1.165) is 41.5 Å². The second kappa shape index (κ2) is 5.71. The highest BCUT2D eigenvalue weighted by atomic mass is 15.0. The summed E-state index contributed by atoms with van der Waals surface area (Å²) in [5.41, 5.74) is 8.47. The lowest BCUT2D eigenvalue weighted by Gasteiger charge is -2.26. The van der Waals surface area contributed by atoms with E-state index in [2.05, 4.69) is 47.7 Å². The Morgan fingerprint density at radius 2 is 1.81 bits per heavy atom. The quantitative estimate of drug-likeness (QED) is 0.482. The fraction of sp³-hybridized carbons (Fsp3) is 0.217. The van der Waals surface area contributed by atoms with Crippen LogP contribution in [0.25, 0.3) is 27.9 Å². The van der Waals surface area contributed by atoms with Crippen LogP contribution in [-0.2, 0) is 12.8 Å². The summed E-state index contributed by atoms with van der Waals surface area (Å²) in [7, 11) is 0. The predicted molar refractivity (Wildman–Crippen MR) is 104 cm³/mol. The number of fused-ring (bicyclic) bond motifs is 4. The van der Waals surface area contributed by atoms with Gasteiger partial charge in [0.25, 0.3) is 0 Å². The van der Waals surface area contributed by atoms with Gasteiger partial charge >= 0.3 is 0 Å². The van der Waals surface area contributed by atoms with Crippen molar-refractivity contribution in [2.45, 2.75) is 26.2 Å². The molecule has 1 aliphatic carbocycles. The van der Waals surface area contributed by atoms with Crippen LogP contribution < -0.4 is 0 Å². The van der Waals surface area contributed by atoms with Crippen LogP contribution in [0.1, 0.15) is 30.0 Å². The lowest BCUT2D eigenvalue weighted by molar-refractivity contribution is 0.500. The van der Waals surface area contributed by atoms with Crippen molar-refractivity contribution in [2.75, 3.05) is 0 Å². The van der Waals surface area contributed by atoms with Gasteiger partial charge in [-0.3, -0.25) is 4.40 Å². The number of pyridine rings is 1. The Morgan fingerprint density at radius 1 is 1.04 bits per heavy atom. The lowest BCUT2D eigenvalue weighted by Crippen LogP contribution is -2.17. The molecule has 1 atom stereocenters. The number of para-hydroxylation sites is 2. The second-order valence-electron chi connectivity index (χ2n) is 7.27. The van der Waals surface area contributed by atoms with Gasteiger partial charge in [-0.25, -0.2) is 4.98 Å². The molecule has 26 heavy (non-hydrogen) atoms. The lowest BCUT2D eigenvalue weighted by atomic mass is 9.81. The molecular formula is C23H19N3. The Balaban J connectivity index is 2.03. The normalized spacial score (nSPS) is 16.5. The zero-order valence-corrected chi connectivity index (χ0v) is 14.7. The van der Waals surface area contributed by atoms with E-state index in [-0.39, 0.29) is 0 Å². The molecule has 0 aliphatic heterocycles. The molecule has 0 N–H and O–H groups in total. The Morgan fingerprint density at radius 3 is 2.62 bits per heavy atom. The van der Waals surface area contributed by atoms with Crippen molar-refractivity contribution >= 4 is 16.7 Å². The molecule has 0 unspecified atom stereocenters. The molecule has 0 amide bonds. The number of benzene rings is 2. The van der Waals surface area contributed by atoms with Gasteiger partial charge in [0, 0.05) is 0 Å². The first-order valence-electron chi connectivity index (χ1n) is 9.18. The Kier molecular flexibility index (Phi) is 3.33. The van der Waals surface area contributed by atoms with E-state index in [1.165, 1.54) is 22.4 Å². The van der Waals surface area contributed by atoms with Gasteiger partial charge in [-0.05, 0) is 54.0 Å².